The molecule has 3 heterocycles. The lowest BCUT2D eigenvalue weighted by atomic mass is 10.0. The molecule has 1 aromatic carbocycles. The van der Waals surface area contributed by atoms with Gasteiger partial charge in [-0.25, -0.2) is 15.0 Å². The van der Waals surface area contributed by atoms with Gasteiger partial charge in [0.15, 0.2) is 0 Å². The Balaban J connectivity index is 1.44. The number of aromatic nitrogens is 4. The molecule has 1 atom stereocenters. The number of hydrogen-bond donors (Lipinski definition) is 2. The number of imidazole rings is 1. The fraction of sp³-hybridized carbons (Fsp3) is 0.364. The minimum absolute atomic E-state index is 0.289. The zero-order valence-electron chi connectivity index (χ0n) is 17.5. The van der Waals surface area contributed by atoms with Crippen molar-refractivity contribution in [2.75, 3.05) is 16.0 Å². The highest BCUT2D eigenvalue weighted by Crippen LogP contribution is 2.26. The number of carbonyl (C=O) groups is 1. The summed E-state index contributed by atoms with van der Waals surface area (Å²) in [4.78, 5) is 27.0. The van der Waals surface area contributed by atoms with Crippen LogP contribution in [0.3, 0.4) is 0 Å². The zero-order chi connectivity index (χ0) is 21.3. The molecule has 0 radical (unpaired) electrons. The van der Waals surface area contributed by atoms with E-state index < -0.39 is 0 Å². The van der Waals surface area contributed by atoms with Crippen molar-refractivity contribution < 1.29 is 4.79 Å². The number of anilines is 3. The summed E-state index contributed by atoms with van der Waals surface area (Å²) >= 11 is 0. The molecule has 0 fully saturated rings. The molecule has 0 saturated heterocycles. The van der Waals surface area contributed by atoms with Crippen molar-refractivity contribution in [2.45, 2.75) is 45.3 Å². The smallest absolute Gasteiger partial charge is 0.220 e. The summed E-state index contributed by atoms with van der Waals surface area (Å²) in [6.07, 6.45) is 5.20. The summed E-state index contributed by atoms with van der Waals surface area (Å²) in [7, 11) is 1.96. The van der Waals surface area contributed by atoms with Crippen LogP contribution in [0.25, 0.3) is 0 Å². The Morgan fingerprint density at radius 2 is 1.97 bits per heavy atom. The van der Waals surface area contributed by atoms with Crippen LogP contribution in [-0.2, 0) is 31.4 Å². The molecule has 8 nitrogen and oxygen atoms in total. The maximum absolute atomic E-state index is 11.7. The third-order valence-corrected chi connectivity index (χ3v) is 5.38. The van der Waals surface area contributed by atoms with Crippen LogP contribution in [0.5, 0.6) is 0 Å². The molecule has 30 heavy (non-hydrogen) atoms. The molecule has 0 saturated carbocycles. The van der Waals surface area contributed by atoms with Crippen LogP contribution in [0.2, 0.25) is 0 Å². The Morgan fingerprint density at radius 1 is 1.20 bits per heavy atom. The van der Waals surface area contributed by atoms with E-state index in [2.05, 4.69) is 46.2 Å². The van der Waals surface area contributed by atoms with E-state index in [9.17, 15) is 4.79 Å². The second kappa shape index (κ2) is 8.14. The lowest BCUT2D eigenvalue weighted by Crippen LogP contribution is -2.24. The molecule has 8 heteroatoms. The van der Waals surface area contributed by atoms with Crippen LogP contribution in [0.15, 0.2) is 36.7 Å². The zero-order valence-corrected chi connectivity index (χ0v) is 17.5. The molecule has 156 valence electrons. The Bertz CT molecular complexity index is 1040. The highest BCUT2D eigenvalue weighted by atomic mass is 16.1. The first-order valence-corrected chi connectivity index (χ1v) is 10.1. The third-order valence-electron chi connectivity index (χ3n) is 5.38. The van der Waals surface area contributed by atoms with Crippen molar-refractivity contribution in [1.82, 2.24) is 19.5 Å². The van der Waals surface area contributed by atoms with E-state index in [4.69, 9.17) is 10.7 Å². The monoisotopic (exact) mass is 405 g/mol. The van der Waals surface area contributed by atoms with Crippen LogP contribution in [-0.4, -0.2) is 31.8 Å². The number of aldehydes is 1. The summed E-state index contributed by atoms with van der Waals surface area (Å²) in [5.41, 5.74) is 10.8. The molecule has 1 aliphatic heterocycles. The Morgan fingerprint density at radius 3 is 2.67 bits per heavy atom. The molecule has 1 unspecified atom stereocenters. The first-order chi connectivity index (χ1) is 14.4. The van der Waals surface area contributed by atoms with Crippen molar-refractivity contribution in [1.29, 1.82) is 0 Å². The number of carbonyl (C=O) groups excluding carboxylic acids is 1. The largest absolute Gasteiger partial charge is 0.375 e. The average Bonchev–Trinajstić information content (AvgIpc) is 3.30. The van der Waals surface area contributed by atoms with Crippen LogP contribution in [0.1, 0.15) is 42.3 Å². The molecule has 3 aromatic rings. The van der Waals surface area contributed by atoms with E-state index in [0.717, 1.165) is 34.9 Å². The van der Waals surface area contributed by atoms with Gasteiger partial charge < -0.3 is 25.3 Å². The lowest BCUT2D eigenvalue weighted by molar-refractivity contribution is -0.108. The van der Waals surface area contributed by atoms with Crippen molar-refractivity contribution in [3.05, 3.63) is 59.2 Å². The number of rotatable bonds is 7. The summed E-state index contributed by atoms with van der Waals surface area (Å²) in [5.74, 6) is 1.61. The summed E-state index contributed by atoms with van der Waals surface area (Å²) in [5, 5.41) is 3.30. The van der Waals surface area contributed by atoms with Gasteiger partial charge in [-0.3, -0.25) is 0 Å². The molecular weight excluding hydrogens is 378 g/mol. The maximum Gasteiger partial charge on any atom is 0.220 e. The van der Waals surface area contributed by atoms with Crippen LogP contribution >= 0.6 is 0 Å². The standard InChI is InChI=1S/C22H27N7O/c1-14(2)15-4-6-17(7-5-15)25-19(13-30)8-18-11-28(3)22(26-18)29-10-16-9-24-21(23)27-20(16)12-29/h4-7,9,11,13-14,19,25H,8,10,12H2,1-3H3,(H2,23,24,27). The maximum atomic E-state index is 11.7. The van der Waals surface area contributed by atoms with E-state index in [1.807, 2.05) is 29.9 Å². The molecule has 1 aliphatic rings. The quantitative estimate of drug-likeness (QED) is 0.583. The minimum Gasteiger partial charge on any atom is -0.375 e. The van der Waals surface area contributed by atoms with Gasteiger partial charge in [-0.2, -0.15) is 0 Å². The number of hydrogen-bond acceptors (Lipinski definition) is 7. The molecule has 0 amide bonds. The van der Waals surface area contributed by atoms with Crippen molar-refractivity contribution in [2.24, 2.45) is 7.05 Å². The van der Waals surface area contributed by atoms with Crippen molar-refractivity contribution >= 4 is 23.9 Å². The van der Waals surface area contributed by atoms with Gasteiger partial charge in [0.1, 0.15) is 6.29 Å². The van der Waals surface area contributed by atoms with E-state index in [1.165, 1.54) is 5.56 Å². The Labute approximate surface area is 176 Å². The van der Waals surface area contributed by atoms with E-state index in [0.29, 0.717) is 25.4 Å². The highest BCUT2D eigenvalue weighted by Gasteiger charge is 2.25. The van der Waals surface area contributed by atoms with Crippen LogP contribution in [0.4, 0.5) is 17.6 Å². The first kappa shape index (κ1) is 19.9. The lowest BCUT2D eigenvalue weighted by Gasteiger charge is -2.16. The molecule has 0 aliphatic carbocycles. The Hall–Kier alpha value is -3.42. The van der Waals surface area contributed by atoms with E-state index >= 15 is 0 Å². The number of nitrogen functional groups attached to an aromatic ring is 1. The fourth-order valence-corrected chi connectivity index (χ4v) is 3.76. The first-order valence-electron chi connectivity index (χ1n) is 10.1. The number of aryl methyl sites for hydroxylation is 1. The fourth-order valence-electron chi connectivity index (χ4n) is 3.76. The van der Waals surface area contributed by atoms with E-state index in [1.54, 1.807) is 6.20 Å². The summed E-state index contributed by atoms with van der Waals surface area (Å²) in [6.45, 7) is 5.66. The highest BCUT2D eigenvalue weighted by molar-refractivity contribution is 5.65. The van der Waals surface area contributed by atoms with Gasteiger partial charge in [-0.15, -0.1) is 0 Å². The molecule has 0 bridgehead atoms. The minimum atomic E-state index is -0.348. The second-order valence-electron chi connectivity index (χ2n) is 8.07. The molecular formula is C22H27N7O. The van der Waals surface area contributed by atoms with Gasteiger partial charge in [-0.05, 0) is 23.6 Å². The van der Waals surface area contributed by atoms with Gasteiger partial charge in [0, 0.05) is 43.7 Å². The second-order valence-corrected chi connectivity index (χ2v) is 8.07. The van der Waals surface area contributed by atoms with Crippen LogP contribution in [0, 0.1) is 0 Å². The molecule has 0 spiro atoms. The molecule has 2 aromatic heterocycles. The van der Waals surface area contributed by atoms with E-state index in [-0.39, 0.29) is 12.0 Å². The predicted molar refractivity (Wildman–Crippen MR) is 117 cm³/mol. The average molecular weight is 406 g/mol. The summed E-state index contributed by atoms with van der Waals surface area (Å²) in [6, 6.07) is 7.87. The van der Waals surface area contributed by atoms with Gasteiger partial charge >= 0.3 is 0 Å². The molecule has 4 rings (SSSR count). The normalized spacial score (nSPS) is 14.1. The third kappa shape index (κ3) is 4.12. The van der Waals surface area contributed by atoms with Crippen molar-refractivity contribution in [3.8, 4) is 0 Å². The SMILES string of the molecule is CC(C)c1ccc(NC(C=O)Cc2cn(C)c(N3Cc4cnc(N)nc4C3)n2)cc1. The number of benzene rings is 1. The van der Waals surface area contributed by atoms with Gasteiger partial charge in [0.25, 0.3) is 0 Å². The van der Waals surface area contributed by atoms with Crippen molar-refractivity contribution in [3.63, 3.8) is 0 Å². The number of nitrogens with two attached hydrogens (primary N) is 1. The predicted octanol–water partition coefficient (Wildman–Crippen LogP) is 2.66. The van der Waals surface area contributed by atoms with Gasteiger partial charge in [0.05, 0.1) is 24.0 Å². The van der Waals surface area contributed by atoms with Gasteiger partial charge in [-0.1, -0.05) is 26.0 Å². The Kier molecular flexibility index (Phi) is 5.39. The number of nitrogens with zero attached hydrogens (tertiary/aromatic N) is 5. The number of nitrogens with one attached hydrogen (secondary N) is 1. The summed E-state index contributed by atoms with van der Waals surface area (Å²) < 4.78 is 1.98. The van der Waals surface area contributed by atoms with Crippen LogP contribution < -0.4 is 16.0 Å². The molecule has 3 N–H and O–H groups in total. The topological polar surface area (TPSA) is 102 Å². The number of fused-ring (bicyclic) bond motifs is 1. The van der Waals surface area contributed by atoms with Gasteiger partial charge in [0.2, 0.25) is 11.9 Å².